The third kappa shape index (κ3) is 3.28. The Hall–Kier alpha value is -2.83. The summed E-state index contributed by atoms with van der Waals surface area (Å²) in [5.74, 6) is -0.522. The van der Waals surface area contributed by atoms with E-state index in [9.17, 15) is 22.8 Å². The predicted molar refractivity (Wildman–Crippen MR) is 101 cm³/mol. The molecule has 1 amide bonds. The molecule has 1 unspecified atom stereocenters. The van der Waals surface area contributed by atoms with Crippen LogP contribution in [-0.4, -0.2) is 25.5 Å². The number of esters is 1. The fraction of sp³-hybridized carbons (Fsp3) is 0.364. The number of ether oxygens (including phenoxy) is 1. The number of anilines is 1. The number of rotatable bonds is 2. The van der Waals surface area contributed by atoms with Crippen LogP contribution in [0, 0.1) is 5.41 Å². The maximum atomic E-state index is 13.3. The average Bonchev–Trinajstić information content (AvgIpc) is 3.02. The molecule has 0 saturated carbocycles. The molecule has 2 aliphatic rings. The Morgan fingerprint density at radius 3 is 2.48 bits per heavy atom. The summed E-state index contributed by atoms with van der Waals surface area (Å²) in [7, 11) is 1.33. The molecule has 7 heteroatoms. The van der Waals surface area contributed by atoms with Crippen LogP contribution in [0.2, 0.25) is 0 Å². The highest BCUT2D eigenvalue weighted by atomic mass is 19.4. The van der Waals surface area contributed by atoms with Crippen molar-refractivity contribution in [3.8, 4) is 0 Å². The number of carbonyl (C=O) groups is 2. The minimum atomic E-state index is -4.41. The fourth-order valence-corrected chi connectivity index (χ4v) is 4.47. The largest absolute Gasteiger partial charge is 0.465 e. The molecule has 0 radical (unpaired) electrons. The first-order valence-corrected chi connectivity index (χ1v) is 9.43. The summed E-state index contributed by atoms with van der Waals surface area (Å²) in [5.41, 5.74) is 1.45. The second-order valence-electron chi connectivity index (χ2n) is 7.64. The van der Waals surface area contributed by atoms with Gasteiger partial charge in [0.2, 0.25) is 5.91 Å². The molecule has 1 heterocycles. The minimum Gasteiger partial charge on any atom is -0.465 e. The van der Waals surface area contributed by atoms with Gasteiger partial charge in [0.15, 0.2) is 0 Å². The van der Waals surface area contributed by atoms with Crippen molar-refractivity contribution in [3.63, 3.8) is 0 Å². The molecule has 29 heavy (non-hydrogen) atoms. The summed E-state index contributed by atoms with van der Waals surface area (Å²) >= 11 is 0. The van der Waals surface area contributed by atoms with Gasteiger partial charge in [0.05, 0.1) is 23.7 Å². The van der Waals surface area contributed by atoms with Crippen LogP contribution in [0.5, 0.6) is 0 Å². The third-order valence-corrected chi connectivity index (χ3v) is 6.09. The van der Waals surface area contributed by atoms with Crippen LogP contribution in [-0.2, 0) is 28.5 Å². The second-order valence-corrected chi connectivity index (χ2v) is 7.64. The maximum absolute atomic E-state index is 13.3. The Labute approximate surface area is 166 Å². The molecule has 0 aromatic heterocycles. The lowest BCUT2D eigenvalue weighted by Gasteiger charge is -2.34. The van der Waals surface area contributed by atoms with Crippen molar-refractivity contribution >= 4 is 17.6 Å². The molecule has 1 atom stereocenters. The Bertz CT molecular complexity index is 968. The van der Waals surface area contributed by atoms with Crippen LogP contribution in [0.4, 0.5) is 18.9 Å². The summed E-state index contributed by atoms with van der Waals surface area (Å²) in [6.45, 7) is 0.444. The number of benzene rings is 2. The molecule has 0 bridgehead atoms. The Morgan fingerprint density at radius 2 is 1.83 bits per heavy atom. The normalized spacial score (nSPS) is 21.4. The highest BCUT2D eigenvalue weighted by molar-refractivity contribution is 6.01. The van der Waals surface area contributed by atoms with E-state index < -0.39 is 23.1 Å². The summed E-state index contributed by atoms with van der Waals surface area (Å²) in [4.78, 5) is 27.0. The van der Waals surface area contributed by atoms with Gasteiger partial charge >= 0.3 is 12.1 Å². The van der Waals surface area contributed by atoms with Gasteiger partial charge in [0, 0.05) is 12.2 Å². The zero-order chi connectivity index (χ0) is 20.8. The van der Waals surface area contributed by atoms with Gasteiger partial charge in [-0.15, -0.1) is 0 Å². The highest BCUT2D eigenvalue weighted by Crippen LogP contribution is 2.46. The molecule has 0 N–H and O–H groups in total. The summed E-state index contributed by atoms with van der Waals surface area (Å²) in [5, 5.41) is 0. The van der Waals surface area contributed by atoms with E-state index in [0.29, 0.717) is 43.5 Å². The maximum Gasteiger partial charge on any atom is 0.416 e. The van der Waals surface area contributed by atoms with Gasteiger partial charge in [-0.2, -0.15) is 13.2 Å². The number of hydrogen-bond donors (Lipinski definition) is 0. The summed E-state index contributed by atoms with van der Waals surface area (Å²) < 4.78 is 43.3. The molecule has 4 nitrogen and oxygen atoms in total. The van der Waals surface area contributed by atoms with Crippen LogP contribution in [0.15, 0.2) is 42.5 Å². The number of fused-ring (bicyclic) bond motifs is 1. The van der Waals surface area contributed by atoms with E-state index in [0.717, 1.165) is 23.3 Å². The Morgan fingerprint density at radius 1 is 1.10 bits per heavy atom. The Kier molecular flexibility index (Phi) is 4.63. The lowest BCUT2D eigenvalue weighted by atomic mass is 9.69. The van der Waals surface area contributed by atoms with Gasteiger partial charge in [0.25, 0.3) is 0 Å². The summed E-state index contributed by atoms with van der Waals surface area (Å²) in [6, 6.07) is 10.2. The van der Waals surface area contributed by atoms with E-state index in [2.05, 4.69) is 0 Å². The number of halogens is 3. The minimum absolute atomic E-state index is 0.0948. The first kappa shape index (κ1) is 19.5. The van der Waals surface area contributed by atoms with Gasteiger partial charge in [-0.05, 0) is 67.1 Å². The van der Waals surface area contributed by atoms with Crippen molar-refractivity contribution in [2.75, 3.05) is 18.6 Å². The predicted octanol–water partition coefficient (Wildman–Crippen LogP) is 4.40. The van der Waals surface area contributed by atoms with Crippen molar-refractivity contribution in [3.05, 3.63) is 64.7 Å². The molecule has 2 aromatic rings. The fourth-order valence-electron chi connectivity index (χ4n) is 4.47. The topological polar surface area (TPSA) is 46.6 Å². The first-order chi connectivity index (χ1) is 13.7. The lowest BCUT2D eigenvalue weighted by molar-refractivity contribution is -0.137. The number of methoxy groups -OCH3 is 1. The number of carbonyl (C=O) groups excluding carboxylic acids is 2. The van der Waals surface area contributed by atoms with E-state index in [1.807, 2.05) is 12.1 Å². The van der Waals surface area contributed by atoms with Crippen LogP contribution < -0.4 is 4.90 Å². The quantitative estimate of drug-likeness (QED) is 0.698. The number of nitrogens with zero attached hydrogens (tertiary/aromatic N) is 1. The molecule has 4 rings (SSSR count). The smallest absolute Gasteiger partial charge is 0.416 e. The van der Waals surface area contributed by atoms with Crippen molar-refractivity contribution in [2.24, 2.45) is 5.41 Å². The van der Waals surface area contributed by atoms with Crippen molar-refractivity contribution < 1.29 is 27.5 Å². The van der Waals surface area contributed by atoms with Crippen LogP contribution in [0.3, 0.4) is 0 Å². The first-order valence-electron chi connectivity index (χ1n) is 9.43. The average molecular weight is 403 g/mol. The van der Waals surface area contributed by atoms with Crippen molar-refractivity contribution in [1.29, 1.82) is 0 Å². The molecule has 1 spiro atoms. The lowest BCUT2D eigenvalue weighted by Crippen LogP contribution is -2.39. The Balaban J connectivity index is 1.62. The van der Waals surface area contributed by atoms with Crippen molar-refractivity contribution in [2.45, 2.75) is 31.9 Å². The molecular formula is C22H20F3NO3. The van der Waals surface area contributed by atoms with Gasteiger partial charge in [0.1, 0.15) is 0 Å². The highest BCUT2D eigenvalue weighted by Gasteiger charge is 2.49. The number of aryl methyl sites for hydroxylation is 1. The van der Waals surface area contributed by atoms with Crippen LogP contribution in [0.25, 0.3) is 0 Å². The second kappa shape index (κ2) is 6.90. The standard InChI is InChI=1S/C22H20F3NO3/c1-29-19(27)17-4-2-3-14-9-10-21(13-18(14)17)11-12-26(20(21)28)16-7-5-15(6-8-16)22(23,24)25/h2-8H,9-13H2,1H3. The van der Waals surface area contributed by atoms with E-state index >= 15 is 0 Å². The van der Waals surface area contributed by atoms with Gasteiger partial charge in [-0.1, -0.05) is 12.1 Å². The number of alkyl halides is 3. The van der Waals surface area contributed by atoms with Gasteiger partial charge in [-0.3, -0.25) is 4.79 Å². The van der Waals surface area contributed by atoms with Gasteiger partial charge in [-0.25, -0.2) is 4.79 Å². The third-order valence-electron chi connectivity index (χ3n) is 6.09. The summed E-state index contributed by atoms with van der Waals surface area (Å²) in [6.07, 6.45) is -2.05. The van der Waals surface area contributed by atoms with E-state index in [-0.39, 0.29) is 5.91 Å². The zero-order valence-corrected chi connectivity index (χ0v) is 15.9. The van der Waals surface area contributed by atoms with Gasteiger partial charge < -0.3 is 9.64 Å². The molecule has 1 saturated heterocycles. The van der Waals surface area contributed by atoms with Crippen LogP contribution >= 0.6 is 0 Å². The van der Waals surface area contributed by atoms with E-state index in [1.54, 1.807) is 11.0 Å². The molecule has 1 aliphatic heterocycles. The number of amides is 1. The van der Waals surface area contributed by atoms with E-state index in [1.165, 1.54) is 19.2 Å². The van der Waals surface area contributed by atoms with Crippen molar-refractivity contribution in [1.82, 2.24) is 0 Å². The molecule has 1 aliphatic carbocycles. The van der Waals surface area contributed by atoms with Crippen LogP contribution in [0.1, 0.15) is 39.9 Å². The molecule has 2 aromatic carbocycles. The molecular weight excluding hydrogens is 383 g/mol. The SMILES string of the molecule is COC(=O)c1cccc2c1CC1(CC2)CCN(c2ccc(C(F)(F)F)cc2)C1=O. The monoisotopic (exact) mass is 403 g/mol. The van der Waals surface area contributed by atoms with E-state index in [4.69, 9.17) is 4.74 Å². The number of hydrogen-bond acceptors (Lipinski definition) is 3. The molecule has 1 fully saturated rings. The zero-order valence-electron chi connectivity index (χ0n) is 15.9. The molecule has 152 valence electrons.